The van der Waals surface area contributed by atoms with E-state index >= 15 is 0 Å². The summed E-state index contributed by atoms with van der Waals surface area (Å²) < 4.78 is 13.1. The van der Waals surface area contributed by atoms with E-state index in [4.69, 9.17) is 11.6 Å². The van der Waals surface area contributed by atoms with Gasteiger partial charge in [0.1, 0.15) is 5.82 Å². The fourth-order valence-corrected chi connectivity index (χ4v) is 1.94. The minimum atomic E-state index is -0.313. The van der Waals surface area contributed by atoms with E-state index in [1.165, 1.54) is 25.1 Å². The zero-order chi connectivity index (χ0) is 14.5. The third-order valence-corrected chi connectivity index (χ3v) is 3.06. The van der Waals surface area contributed by atoms with Gasteiger partial charge in [-0.1, -0.05) is 11.6 Å². The molecule has 2 aromatic carbocycles. The lowest BCUT2D eigenvalue weighted by Crippen LogP contribution is -2.06. The Hall–Kier alpha value is -2.07. The molecule has 2 rings (SSSR count). The molecule has 0 fully saturated rings. The second-order valence-corrected chi connectivity index (χ2v) is 4.76. The molecule has 104 valence electrons. The molecule has 5 heteroatoms. The Morgan fingerprint density at radius 2 is 1.80 bits per heavy atom. The largest absolute Gasteiger partial charge is 0.381 e. The molecule has 0 aliphatic carbocycles. The first-order chi connectivity index (χ1) is 9.54. The van der Waals surface area contributed by atoms with Crippen LogP contribution in [0.5, 0.6) is 0 Å². The van der Waals surface area contributed by atoms with Crippen LogP contribution in [0, 0.1) is 5.82 Å². The Bertz CT molecular complexity index is 614. The van der Waals surface area contributed by atoms with Crippen molar-refractivity contribution in [3.8, 4) is 0 Å². The molecule has 0 aliphatic rings. The molecule has 20 heavy (non-hydrogen) atoms. The van der Waals surface area contributed by atoms with Crippen LogP contribution >= 0.6 is 11.6 Å². The van der Waals surface area contributed by atoms with Crippen molar-refractivity contribution >= 4 is 28.9 Å². The average molecular weight is 293 g/mol. The third-order valence-electron chi connectivity index (χ3n) is 2.70. The lowest BCUT2D eigenvalue weighted by Gasteiger charge is -2.09. The number of carbonyl (C=O) groups is 1. The summed E-state index contributed by atoms with van der Waals surface area (Å²) in [4.78, 5) is 10.9. The Morgan fingerprint density at radius 1 is 1.15 bits per heavy atom. The molecule has 0 heterocycles. The SMILES string of the molecule is CC(=O)Nc1ccc(NCc2cc(F)ccc2Cl)cc1. The van der Waals surface area contributed by atoms with Crippen molar-refractivity contribution < 1.29 is 9.18 Å². The van der Waals surface area contributed by atoms with E-state index in [9.17, 15) is 9.18 Å². The number of halogens is 2. The fraction of sp³-hybridized carbons (Fsp3) is 0.133. The molecule has 2 N–H and O–H groups in total. The summed E-state index contributed by atoms with van der Waals surface area (Å²) in [6, 6.07) is 11.5. The van der Waals surface area contributed by atoms with Gasteiger partial charge in [-0.3, -0.25) is 4.79 Å². The maximum absolute atomic E-state index is 13.1. The second kappa shape index (κ2) is 6.39. The number of benzene rings is 2. The van der Waals surface area contributed by atoms with Crippen LogP contribution in [0.3, 0.4) is 0 Å². The molecule has 0 unspecified atom stereocenters. The number of amides is 1. The van der Waals surface area contributed by atoms with Crippen LogP contribution in [0.1, 0.15) is 12.5 Å². The normalized spacial score (nSPS) is 10.2. The number of rotatable bonds is 4. The van der Waals surface area contributed by atoms with Crippen molar-refractivity contribution in [3.05, 3.63) is 58.9 Å². The highest BCUT2D eigenvalue weighted by atomic mass is 35.5. The highest BCUT2D eigenvalue weighted by molar-refractivity contribution is 6.31. The van der Waals surface area contributed by atoms with E-state index in [-0.39, 0.29) is 11.7 Å². The van der Waals surface area contributed by atoms with Crippen LogP contribution in [0.25, 0.3) is 0 Å². The fourth-order valence-electron chi connectivity index (χ4n) is 1.75. The van der Waals surface area contributed by atoms with Crippen LogP contribution in [0.4, 0.5) is 15.8 Å². The topological polar surface area (TPSA) is 41.1 Å². The third kappa shape index (κ3) is 3.96. The number of nitrogens with one attached hydrogen (secondary N) is 2. The van der Waals surface area contributed by atoms with Gasteiger partial charge in [-0.05, 0) is 48.0 Å². The van der Waals surface area contributed by atoms with Gasteiger partial charge in [0, 0.05) is 29.9 Å². The van der Waals surface area contributed by atoms with Crippen molar-refractivity contribution in [2.24, 2.45) is 0 Å². The summed E-state index contributed by atoms with van der Waals surface area (Å²) in [5, 5.41) is 6.35. The van der Waals surface area contributed by atoms with Gasteiger partial charge >= 0.3 is 0 Å². The van der Waals surface area contributed by atoms with Crippen molar-refractivity contribution in [1.29, 1.82) is 0 Å². The molecule has 0 saturated heterocycles. The Morgan fingerprint density at radius 3 is 2.45 bits per heavy atom. The quantitative estimate of drug-likeness (QED) is 0.892. The van der Waals surface area contributed by atoms with Crippen LogP contribution in [0.2, 0.25) is 5.02 Å². The Balaban J connectivity index is 2.00. The molecular formula is C15H14ClFN2O. The predicted molar refractivity (Wildman–Crippen MR) is 79.5 cm³/mol. The summed E-state index contributed by atoms with van der Waals surface area (Å²) in [6.45, 7) is 1.88. The smallest absolute Gasteiger partial charge is 0.221 e. The first kappa shape index (κ1) is 14.3. The molecule has 0 spiro atoms. The first-order valence-electron chi connectivity index (χ1n) is 6.10. The van der Waals surface area contributed by atoms with Gasteiger partial charge in [-0.2, -0.15) is 0 Å². The summed E-state index contributed by atoms with van der Waals surface area (Å²) in [5.74, 6) is -0.426. The highest BCUT2D eigenvalue weighted by Gasteiger charge is 2.02. The zero-order valence-corrected chi connectivity index (χ0v) is 11.7. The standard InChI is InChI=1S/C15H14ClFN2O/c1-10(20)19-14-5-3-13(4-6-14)18-9-11-8-12(17)2-7-15(11)16/h2-8,18H,9H2,1H3,(H,19,20). The summed E-state index contributed by atoms with van der Waals surface area (Å²) in [5.41, 5.74) is 2.28. The summed E-state index contributed by atoms with van der Waals surface area (Å²) in [7, 11) is 0. The first-order valence-corrected chi connectivity index (χ1v) is 6.48. The summed E-state index contributed by atoms with van der Waals surface area (Å²) >= 11 is 5.99. The van der Waals surface area contributed by atoms with Gasteiger partial charge in [-0.25, -0.2) is 4.39 Å². The van der Waals surface area contributed by atoms with Gasteiger partial charge in [0.15, 0.2) is 0 Å². The van der Waals surface area contributed by atoms with Crippen molar-refractivity contribution in [1.82, 2.24) is 0 Å². The van der Waals surface area contributed by atoms with Crippen molar-refractivity contribution in [2.45, 2.75) is 13.5 Å². The van der Waals surface area contributed by atoms with Gasteiger partial charge in [-0.15, -0.1) is 0 Å². The van der Waals surface area contributed by atoms with Gasteiger partial charge in [0.05, 0.1) is 0 Å². The molecule has 0 radical (unpaired) electrons. The lowest BCUT2D eigenvalue weighted by molar-refractivity contribution is -0.114. The second-order valence-electron chi connectivity index (χ2n) is 4.35. The molecule has 0 bridgehead atoms. The summed E-state index contributed by atoms with van der Waals surface area (Å²) in [6.07, 6.45) is 0. The Kier molecular flexibility index (Phi) is 4.58. The maximum atomic E-state index is 13.1. The van der Waals surface area contributed by atoms with E-state index in [2.05, 4.69) is 10.6 Å². The molecular weight excluding hydrogens is 279 g/mol. The van der Waals surface area contributed by atoms with Gasteiger partial charge in [0.2, 0.25) is 5.91 Å². The minimum Gasteiger partial charge on any atom is -0.381 e. The molecule has 2 aromatic rings. The highest BCUT2D eigenvalue weighted by Crippen LogP contribution is 2.19. The predicted octanol–water partition coefficient (Wildman–Crippen LogP) is 4.05. The Labute approximate surface area is 121 Å². The number of hydrogen-bond acceptors (Lipinski definition) is 2. The maximum Gasteiger partial charge on any atom is 0.221 e. The van der Waals surface area contributed by atoms with E-state index in [1.807, 2.05) is 12.1 Å². The van der Waals surface area contributed by atoms with Gasteiger partial charge in [0.25, 0.3) is 0 Å². The van der Waals surface area contributed by atoms with Crippen LogP contribution < -0.4 is 10.6 Å². The van der Waals surface area contributed by atoms with Crippen LogP contribution in [0.15, 0.2) is 42.5 Å². The number of hydrogen-bond donors (Lipinski definition) is 2. The van der Waals surface area contributed by atoms with Crippen molar-refractivity contribution in [2.75, 3.05) is 10.6 Å². The van der Waals surface area contributed by atoms with E-state index < -0.39 is 0 Å². The van der Waals surface area contributed by atoms with Crippen LogP contribution in [-0.4, -0.2) is 5.91 Å². The minimum absolute atomic E-state index is 0.114. The monoisotopic (exact) mass is 292 g/mol. The average Bonchev–Trinajstić information content (AvgIpc) is 2.41. The molecule has 0 saturated carbocycles. The van der Waals surface area contributed by atoms with E-state index in [0.717, 1.165) is 11.4 Å². The van der Waals surface area contributed by atoms with Gasteiger partial charge < -0.3 is 10.6 Å². The molecule has 0 aliphatic heterocycles. The molecule has 3 nitrogen and oxygen atoms in total. The molecule has 0 aromatic heterocycles. The van der Waals surface area contributed by atoms with Crippen LogP contribution in [-0.2, 0) is 11.3 Å². The van der Waals surface area contributed by atoms with E-state index in [0.29, 0.717) is 17.1 Å². The number of carbonyl (C=O) groups excluding carboxylic acids is 1. The molecule has 0 atom stereocenters. The van der Waals surface area contributed by atoms with E-state index in [1.54, 1.807) is 12.1 Å². The lowest BCUT2D eigenvalue weighted by atomic mass is 10.2. The number of anilines is 2. The molecule has 1 amide bonds. The van der Waals surface area contributed by atoms with Crippen molar-refractivity contribution in [3.63, 3.8) is 0 Å². The zero-order valence-electron chi connectivity index (χ0n) is 10.9.